The Bertz CT molecular complexity index is 839. The Labute approximate surface area is 237 Å². The van der Waals surface area contributed by atoms with Crippen molar-refractivity contribution in [1.82, 2.24) is 0 Å². The first-order valence-corrected chi connectivity index (χ1v) is 24.7. The normalized spacial score (nSPS) is 20.2. The van der Waals surface area contributed by atoms with Gasteiger partial charge in [0.2, 0.25) is 0 Å². The molecular weight excluding hydrogens is 518 g/mol. The van der Waals surface area contributed by atoms with Gasteiger partial charge >= 0.3 is 0 Å². The fourth-order valence-corrected chi connectivity index (χ4v) is 17.2. The zero-order valence-electron chi connectivity index (χ0n) is 28.0. The maximum atomic E-state index is 7.08. The molecule has 0 aliphatic carbocycles. The van der Waals surface area contributed by atoms with Crippen LogP contribution in [0.1, 0.15) is 117 Å². The van der Waals surface area contributed by atoms with Crippen molar-refractivity contribution in [2.45, 2.75) is 167 Å². The lowest BCUT2D eigenvalue weighted by atomic mass is 10.0. The molecule has 1 aliphatic heterocycles. The molecule has 1 heterocycles. The Morgan fingerprint density at radius 2 is 0.784 bits per heavy atom. The topological polar surface area (TPSA) is 9.23 Å². The maximum Gasteiger partial charge on any atom is 0.0842 e. The van der Waals surface area contributed by atoms with Crippen molar-refractivity contribution in [3.63, 3.8) is 0 Å². The van der Waals surface area contributed by atoms with Crippen LogP contribution in [0.3, 0.4) is 0 Å². The summed E-state index contributed by atoms with van der Waals surface area (Å²) < 4.78 is 7.08. The Morgan fingerprint density at radius 3 is 0.973 bits per heavy atom. The molecule has 2 unspecified atom stereocenters. The van der Waals surface area contributed by atoms with Crippen LogP contribution in [0.25, 0.3) is 0 Å². The summed E-state index contributed by atoms with van der Waals surface area (Å²) in [4.78, 5) is 0. The number of hydrogen-bond acceptors (Lipinski definition) is 1. The number of benzene rings is 1. The minimum Gasteiger partial charge on any atom is -0.373 e. The zero-order chi connectivity index (χ0) is 29.2. The molecule has 1 aromatic rings. The molecule has 0 bridgehead atoms. The molecule has 2 rings (SSSR count). The number of fused-ring (bicyclic) bond motifs is 1. The molecule has 214 valence electrons. The molecule has 0 saturated carbocycles. The predicted molar refractivity (Wildman–Crippen MR) is 180 cm³/mol. The van der Waals surface area contributed by atoms with Crippen molar-refractivity contribution in [2.75, 3.05) is 0 Å². The highest BCUT2D eigenvalue weighted by Crippen LogP contribution is 2.64. The lowest BCUT2D eigenvalue weighted by molar-refractivity contribution is 0.0942. The summed E-state index contributed by atoms with van der Waals surface area (Å²) in [7, 11) is -3.49. The third kappa shape index (κ3) is 8.25. The van der Waals surface area contributed by atoms with Crippen molar-refractivity contribution >= 4 is 32.0 Å². The van der Waals surface area contributed by atoms with Crippen molar-refractivity contribution in [1.29, 1.82) is 0 Å². The quantitative estimate of drug-likeness (QED) is 0.240. The van der Waals surface area contributed by atoms with E-state index < -0.39 is 16.1 Å². The zero-order valence-corrected chi connectivity index (χ0v) is 31.8. The first-order chi connectivity index (χ1) is 16.1. The molecule has 0 fully saturated rings. The Hall–Kier alpha value is 0.474. The molecule has 5 heteroatoms. The number of ether oxygens (including phenoxy) is 1. The smallest absolute Gasteiger partial charge is 0.0842 e. The Kier molecular flexibility index (Phi) is 9.75. The summed E-state index contributed by atoms with van der Waals surface area (Å²) in [6.45, 7) is 44.7. The highest BCUT2D eigenvalue weighted by atomic mass is 31.1. The van der Waals surface area contributed by atoms with Crippen LogP contribution in [0.4, 0.5) is 0 Å². The van der Waals surface area contributed by atoms with Gasteiger partial charge in [0.1, 0.15) is 0 Å². The third-order valence-electron chi connectivity index (χ3n) is 7.71. The van der Waals surface area contributed by atoms with E-state index in [0.717, 1.165) is 0 Å². The van der Waals surface area contributed by atoms with E-state index in [0.29, 0.717) is 32.1 Å². The van der Waals surface area contributed by atoms with E-state index >= 15 is 0 Å². The summed E-state index contributed by atoms with van der Waals surface area (Å²) >= 11 is 0. The molecule has 0 aromatic heterocycles. The summed E-state index contributed by atoms with van der Waals surface area (Å²) in [6, 6.07) is 5.36. The van der Waals surface area contributed by atoms with Crippen molar-refractivity contribution in [2.24, 2.45) is 0 Å². The SMILES string of the molecule is CC(C)(C)P(Cc1cc2c(cc1CP(C(C)(C)C)C(C)(C)C)C([Si](C)(C)C)OC2[Si](C)(C)C)C(C)(C)C. The second kappa shape index (κ2) is 10.7. The molecule has 37 heavy (non-hydrogen) atoms. The van der Waals surface area contributed by atoms with E-state index in [4.69, 9.17) is 4.74 Å². The van der Waals surface area contributed by atoms with Gasteiger partial charge in [0.25, 0.3) is 0 Å². The van der Waals surface area contributed by atoms with Crippen LogP contribution in [0.5, 0.6) is 0 Å². The van der Waals surface area contributed by atoms with E-state index in [1.54, 1.807) is 22.3 Å². The number of hydrogen-bond donors (Lipinski definition) is 0. The first kappa shape index (κ1) is 33.7. The van der Waals surface area contributed by atoms with Crippen molar-refractivity contribution < 1.29 is 4.74 Å². The second-order valence-corrected chi connectivity index (χ2v) is 36.0. The molecule has 1 aromatic carbocycles. The summed E-state index contributed by atoms with van der Waals surface area (Å²) in [5.74, 6) is 0. The van der Waals surface area contributed by atoms with Crippen LogP contribution in [-0.2, 0) is 17.1 Å². The highest BCUT2D eigenvalue weighted by molar-refractivity contribution is 7.60. The van der Waals surface area contributed by atoms with Gasteiger partial charge in [-0.15, -0.1) is 0 Å². The minimum atomic E-state index is -1.53. The highest BCUT2D eigenvalue weighted by Gasteiger charge is 2.46. The van der Waals surface area contributed by atoms with E-state index in [-0.39, 0.29) is 15.8 Å². The van der Waals surface area contributed by atoms with Gasteiger partial charge in [-0.1, -0.05) is 150 Å². The van der Waals surface area contributed by atoms with Crippen LogP contribution < -0.4 is 0 Å². The average molecular weight is 581 g/mol. The third-order valence-corrected chi connectivity index (χ3v) is 19.5. The van der Waals surface area contributed by atoms with E-state index in [1.165, 1.54) is 12.3 Å². The minimum absolute atomic E-state index is 0.213. The first-order valence-electron chi connectivity index (χ1n) is 14.5. The monoisotopic (exact) mass is 580 g/mol. The van der Waals surface area contributed by atoms with Gasteiger partial charge in [0.05, 0.1) is 27.6 Å². The van der Waals surface area contributed by atoms with Crippen LogP contribution in [0.2, 0.25) is 39.3 Å². The second-order valence-electron chi connectivity index (χ2n) is 17.7. The molecule has 2 atom stereocenters. The van der Waals surface area contributed by atoms with E-state index in [2.05, 4.69) is 134 Å². The van der Waals surface area contributed by atoms with Gasteiger partial charge in [-0.25, -0.2) is 0 Å². The van der Waals surface area contributed by atoms with Gasteiger partial charge in [-0.3, -0.25) is 0 Å². The molecule has 0 spiro atoms. The molecule has 0 N–H and O–H groups in total. The predicted octanol–water partition coefficient (Wildman–Crippen LogP) is 11.7. The Morgan fingerprint density at radius 1 is 0.541 bits per heavy atom. The number of rotatable bonds is 6. The van der Waals surface area contributed by atoms with Gasteiger partial charge < -0.3 is 4.74 Å². The molecule has 0 amide bonds. The van der Waals surface area contributed by atoms with Crippen molar-refractivity contribution in [3.8, 4) is 0 Å². The summed E-state index contributed by atoms with van der Waals surface area (Å²) in [6.07, 6.45) is 2.44. The maximum absolute atomic E-state index is 7.08. The van der Waals surface area contributed by atoms with Crippen LogP contribution in [-0.4, -0.2) is 36.8 Å². The molecule has 1 aliphatic rings. The van der Waals surface area contributed by atoms with Crippen LogP contribution >= 0.6 is 15.8 Å². The van der Waals surface area contributed by atoms with E-state index in [1.807, 2.05) is 0 Å². The Balaban J connectivity index is 2.85. The van der Waals surface area contributed by atoms with Gasteiger partial charge in [-0.05, 0) is 55.2 Å². The molecular formula is C32H62OP2Si2. The van der Waals surface area contributed by atoms with Crippen LogP contribution in [0, 0.1) is 0 Å². The molecule has 1 nitrogen and oxygen atoms in total. The van der Waals surface area contributed by atoms with Crippen LogP contribution in [0.15, 0.2) is 12.1 Å². The summed E-state index contributed by atoms with van der Waals surface area (Å²) in [5, 5.41) is 1.27. The molecule has 0 radical (unpaired) electrons. The van der Waals surface area contributed by atoms with Gasteiger partial charge in [-0.2, -0.15) is 0 Å². The van der Waals surface area contributed by atoms with Gasteiger partial charge in [0, 0.05) is 0 Å². The average Bonchev–Trinajstić information content (AvgIpc) is 2.98. The standard InChI is InChI=1S/C32H62OP2Si2/c1-29(2,3)34(30(4,5)6)21-23-19-25-26(28(37(16,17)18)33-27(25)36(13,14)15)20-24(23)22-35(31(7,8)9)32(10,11)12/h19-20,27-28H,21-22H2,1-18H3. The lowest BCUT2D eigenvalue weighted by Gasteiger charge is -2.44. The van der Waals surface area contributed by atoms with E-state index in [9.17, 15) is 0 Å². The van der Waals surface area contributed by atoms with Gasteiger partial charge in [0.15, 0.2) is 0 Å². The fraction of sp³-hybridized carbons (Fsp3) is 0.812. The fourth-order valence-electron chi connectivity index (χ4n) is 6.40. The lowest BCUT2D eigenvalue weighted by Crippen LogP contribution is -2.35. The largest absolute Gasteiger partial charge is 0.373 e. The molecule has 0 saturated heterocycles. The summed E-state index contributed by atoms with van der Waals surface area (Å²) in [5.41, 5.74) is 7.01. The van der Waals surface area contributed by atoms with Crippen molar-refractivity contribution in [3.05, 3.63) is 34.4 Å².